The zero-order valence-corrected chi connectivity index (χ0v) is 10.6. The molecule has 0 fully saturated rings. The molecule has 4 nitrogen and oxygen atoms in total. The molecule has 1 aromatic rings. The van der Waals surface area contributed by atoms with Crippen LogP contribution in [0.25, 0.3) is 0 Å². The average molecular weight is 276 g/mol. The van der Waals surface area contributed by atoms with Crippen LogP contribution in [0.15, 0.2) is 18.5 Å². The minimum atomic E-state index is -4.90. The molecule has 1 aromatic heterocycles. The fourth-order valence-electron chi connectivity index (χ4n) is 1.43. The molecule has 0 radical (unpaired) electrons. The third kappa shape index (κ3) is 4.42. The van der Waals surface area contributed by atoms with Gasteiger partial charge in [-0.05, 0) is 19.4 Å². The van der Waals surface area contributed by atoms with E-state index in [0.29, 0.717) is 0 Å². The predicted molar refractivity (Wildman–Crippen MR) is 62.7 cm³/mol. The van der Waals surface area contributed by atoms with Gasteiger partial charge < -0.3 is 9.88 Å². The molecule has 0 bridgehead atoms. The number of nitrogens with one attached hydrogen (secondary N) is 1. The van der Waals surface area contributed by atoms with Gasteiger partial charge >= 0.3 is 6.18 Å². The van der Waals surface area contributed by atoms with E-state index in [1.54, 1.807) is 0 Å². The van der Waals surface area contributed by atoms with Crippen molar-refractivity contribution >= 4 is 11.7 Å². The van der Waals surface area contributed by atoms with E-state index in [1.807, 2.05) is 13.8 Å². The molecule has 0 spiro atoms. The molecule has 0 saturated carbocycles. The molecule has 0 saturated heterocycles. The molecule has 7 heteroatoms. The van der Waals surface area contributed by atoms with Gasteiger partial charge in [0.15, 0.2) is 0 Å². The van der Waals surface area contributed by atoms with Gasteiger partial charge in [-0.1, -0.05) is 6.92 Å². The molecule has 1 rings (SSSR count). The Kier molecular flexibility index (Phi) is 4.74. The Hall–Kier alpha value is -1.79. The predicted octanol–water partition coefficient (Wildman–Crippen LogP) is 2.15. The minimum Gasteiger partial charge on any atom is -0.352 e. The van der Waals surface area contributed by atoms with Gasteiger partial charge in [-0.2, -0.15) is 13.2 Å². The first kappa shape index (κ1) is 15.3. The highest BCUT2D eigenvalue weighted by molar-refractivity contribution is 6.00. The fraction of sp³-hybridized carbons (Fsp3) is 0.500. The van der Waals surface area contributed by atoms with Crippen molar-refractivity contribution < 1.29 is 22.8 Å². The Morgan fingerprint density at radius 1 is 1.42 bits per heavy atom. The number of carbonyl (C=O) groups excluding carboxylic acids is 2. The van der Waals surface area contributed by atoms with E-state index in [2.05, 4.69) is 5.32 Å². The van der Waals surface area contributed by atoms with Crippen LogP contribution in [-0.2, 0) is 11.3 Å². The van der Waals surface area contributed by atoms with Crippen molar-refractivity contribution in [2.75, 3.05) is 0 Å². The SMILES string of the molecule is CCC(C)NC(=O)Cn1ccc(C(=O)C(F)(F)F)c1. The Balaban J connectivity index is 2.66. The summed E-state index contributed by atoms with van der Waals surface area (Å²) in [6, 6.07) is 1.05. The van der Waals surface area contributed by atoms with Crippen LogP contribution in [0.4, 0.5) is 13.2 Å². The van der Waals surface area contributed by atoms with E-state index in [1.165, 1.54) is 10.8 Å². The zero-order valence-electron chi connectivity index (χ0n) is 10.6. The Labute approximate surface area is 108 Å². The number of aromatic nitrogens is 1. The molecule has 1 N–H and O–H groups in total. The molecule has 0 aliphatic rings. The van der Waals surface area contributed by atoms with Crippen molar-refractivity contribution in [3.8, 4) is 0 Å². The lowest BCUT2D eigenvalue weighted by molar-refractivity contribution is -0.122. The van der Waals surface area contributed by atoms with E-state index in [0.717, 1.165) is 18.7 Å². The molecule has 1 unspecified atom stereocenters. The van der Waals surface area contributed by atoms with E-state index >= 15 is 0 Å². The van der Waals surface area contributed by atoms with Gasteiger partial charge in [0.2, 0.25) is 5.91 Å². The van der Waals surface area contributed by atoms with Crippen molar-refractivity contribution in [2.45, 2.75) is 39.0 Å². The molecule has 1 atom stereocenters. The lowest BCUT2D eigenvalue weighted by atomic mass is 10.2. The molecule has 0 aliphatic carbocycles. The first-order chi connectivity index (χ1) is 8.74. The molecule has 0 aliphatic heterocycles. The lowest BCUT2D eigenvalue weighted by Crippen LogP contribution is -2.34. The van der Waals surface area contributed by atoms with E-state index in [4.69, 9.17) is 0 Å². The highest BCUT2D eigenvalue weighted by Gasteiger charge is 2.39. The third-order valence-electron chi connectivity index (χ3n) is 2.62. The van der Waals surface area contributed by atoms with Crippen molar-refractivity contribution in [2.24, 2.45) is 0 Å². The third-order valence-corrected chi connectivity index (χ3v) is 2.62. The monoisotopic (exact) mass is 276 g/mol. The number of hydrogen-bond acceptors (Lipinski definition) is 2. The summed E-state index contributed by atoms with van der Waals surface area (Å²) in [6.45, 7) is 3.61. The summed E-state index contributed by atoms with van der Waals surface area (Å²) in [5.41, 5.74) is -0.469. The number of amides is 1. The van der Waals surface area contributed by atoms with Crippen LogP contribution in [0, 0.1) is 0 Å². The van der Waals surface area contributed by atoms with Crippen LogP contribution in [0.2, 0.25) is 0 Å². The van der Waals surface area contributed by atoms with Crippen LogP contribution in [-0.4, -0.2) is 28.5 Å². The maximum Gasteiger partial charge on any atom is 0.454 e. The minimum absolute atomic E-state index is 0.000611. The number of hydrogen-bond donors (Lipinski definition) is 1. The second kappa shape index (κ2) is 5.90. The summed E-state index contributed by atoms with van der Waals surface area (Å²) < 4.78 is 37.8. The molecule has 19 heavy (non-hydrogen) atoms. The summed E-state index contributed by atoms with van der Waals surface area (Å²) in [5, 5.41) is 2.68. The Morgan fingerprint density at radius 3 is 2.58 bits per heavy atom. The van der Waals surface area contributed by atoms with Gasteiger partial charge in [0.05, 0.1) is 0 Å². The smallest absolute Gasteiger partial charge is 0.352 e. The van der Waals surface area contributed by atoms with Gasteiger partial charge in [0.1, 0.15) is 6.54 Å². The largest absolute Gasteiger partial charge is 0.454 e. The van der Waals surface area contributed by atoms with E-state index in [-0.39, 0.29) is 18.5 Å². The van der Waals surface area contributed by atoms with Gasteiger partial charge in [-0.3, -0.25) is 9.59 Å². The second-order valence-electron chi connectivity index (χ2n) is 4.28. The standard InChI is InChI=1S/C12H15F3N2O2/c1-3-8(2)16-10(18)7-17-5-4-9(6-17)11(19)12(13,14)15/h4-6,8H,3,7H2,1-2H3,(H,16,18). The molecule has 106 valence electrons. The summed E-state index contributed by atoms with van der Waals surface area (Å²) in [4.78, 5) is 22.5. The van der Waals surface area contributed by atoms with Crippen LogP contribution < -0.4 is 5.32 Å². The quantitative estimate of drug-likeness (QED) is 0.838. The highest BCUT2D eigenvalue weighted by Crippen LogP contribution is 2.21. The maximum atomic E-state index is 12.2. The van der Waals surface area contributed by atoms with Gasteiger partial charge in [0.25, 0.3) is 5.78 Å². The Morgan fingerprint density at radius 2 is 2.05 bits per heavy atom. The summed E-state index contributed by atoms with van der Waals surface area (Å²) in [5.74, 6) is -2.22. The molecule has 1 heterocycles. The van der Waals surface area contributed by atoms with Crippen molar-refractivity contribution in [3.05, 3.63) is 24.0 Å². The lowest BCUT2D eigenvalue weighted by Gasteiger charge is -2.11. The van der Waals surface area contributed by atoms with Crippen molar-refractivity contribution in [1.29, 1.82) is 0 Å². The van der Waals surface area contributed by atoms with Crippen LogP contribution in [0.1, 0.15) is 30.6 Å². The van der Waals surface area contributed by atoms with Gasteiger partial charge in [0, 0.05) is 24.0 Å². The topological polar surface area (TPSA) is 51.1 Å². The molecule has 1 amide bonds. The van der Waals surface area contributed by atoms with Crippen molar-refractivity contribution in [3.63, 3.8) is 0 Å². The zero-order chi connectivity index (χ0) is 14.6. The number of carbonyl (C=O) groups is 2. The summed E-state index contributed by atoms with van der Waals surface area (Å²) >= 11 is 0. The van der Waals surface area contributed by atoms with Crippen LogP contribution in [0.3, 0.4) is 0 Å². The number of rotatable bonds is 5. The van der Waals surface area contributed by atoms with E-state index < -0.39 is 17.5 Å². The van der Waals surface area contributed by atoms with Crippen molar-refractivity contribution in [1.82, 2.24) is 9.88 Å². The number of alkyl halides is 3. The first-order valence-electron chi connectivity index (χ1n) is 5.80. The van der Waals surface area contributed by atoms with Gasteiger partial charge in [-0.15, -0.1) is 0 Å². The summed E-state index contributed by atoms with van der Waals surface area (Å²) in [7, 11) is 0. The normalized spacial score (nSPS) is 13.1. The van der Waals surface area contributed by atoms with Gasteiger partial charge in [-0.25, -0.2) is 0 Å². The number of ketones is 1. The highest BCUT2D eigenvalue weighted by atomic mass is 19.4. The van der Waals surface area contributed by atoms with Crippen LogP contribution >= 0.6 is 0 Å². The number of halogens is 3. The Bertz CT molecular complexity index is 466. The molecule has 0 aromatic carbocycles. The molecular weight excluding hydrogens is 261 g/mol. The van der Waals surface area contributed by atoms with Crippen LogP contribution in [0.5, 0.6) is 0 Å². The first-order valence-corrected chi connectivity index (χ1v) is 5.80. The average Bonchev–Trinajstić information content (AvgIpc) is 2.74. The molecular formula is C12H15F3N2O2. The number of Topliss-reactive ketones (excluding diaryl/α,β-unsaturated/α-hetero) is 1. The fourth-order valence-corrected chi connectivity index (χ4v) is 1.43. The van der Waals surface area contributed by atoms with E-state index in [9.17, 15) is 22.8 Å². The maximum absolute atomic E-state index is 12.2. The number of nitrogens with zero attached hydrogens (tertiary/aromatic N) is 1. The second-order valence-corrected chi connectivity index (χ2v) is 4.28. The summed E-state index contributed by atoms with van der Waals surface area (Å²) in [6.07, 6.45) is -1.85.